The molecule has 2 heterocycles. The number of fused-ring (bicyclic) bond motifs is 1. The van der Waals surface area contributed by atoms with Gasteiger partial charge in [-0.15, -0.1) is 12.4 Å². The molecule has 1 aromatic heterocycles. The second-order valence-electron chi connectivity index (χ2n) is 7.15. The molecular weight excluding hydrogens is 390 g/mol. The summed E-state index contributed by atoms with van der Waals surface area (Å²) in [6, 6.07) is 18.0. The first-order valence-electron chi connectivity index (χ1n) is 9.45. The smallest absolute Gasteiger partial charge is 0.340 e. The topological polar surface area (TPSA) is 79.8 Å². The van der Waals surface area contributed by atoms with Crippen molar-refractivity contribution in [3.63, 3.8) is 0 Å². The zero-order valence-corrected chi connectivity index (χ0v) is 16.9. The lowest BCUT2D eigenvalue weighted by Crippen LogP contribution is -2.46. The number of rotatable bonds is 5. The first-order valence-corrected chi connectivity index (χ1v) is 9.45. The number of hydrogen-bond donors (Lipinski definition) is 1. The van der Waals surface area contributed by atoms with Crippen LogP contribution in [0.5, 0.6) is 0 Å². The summed E-state index contributed by atoms with van der Waals surface area (Å²) >= 11 is 0. The summed E-state index contributed by atoms with van der Waals surface area (Å²) in [5.41, 5.74) is 7.81. The van der Waals surface area contributed by atoms with Crippen molar-refractivity contribution in [1.29, 1.82) is 0 Å². The van der Waals surface area contributed by atoms with E-state index in [0.29, 0.717) is 11.1 Å². The molecule has 1 aliphatic heterocycles. The van der Waals surface area contributed by atoms with Gasteiger partial charge in [-0.1, -0.05) is 42.5 Å². The van der Waals surface area contributed by atoms with Gasteiger partial charge in [-0.25, -0.2) is 4.79 Å². The third-order valence-electron chi connectivity index (χ3n) is 5.14. The molecular formula is C22H24ClN3O3. The number of benzene rings is 2. The molecule has 4 rings (SSSR count). The summed E-state index contributed by atoms with van der Waals surface area (Å²) in [4.78, 5) is 28.1. The normalized spacial score (nSPS) is 14.6. The van der Waals surface area contributed by atoms with E-state index >= 15 is 0 Å². The Labute approximate surface area is 175 Å². The van der Waals surface area contributed by atoms with E-state index in [9.17, 15) is 9.59 Å². The summed E-state index contributed by atoms with van der Waals surface area (Å²) in [5, 5.41) is 0.806. The minimum absolute atomic E-state index is 0. The van der Waals surface area contributed by atoms with Gasteiger partial charge in [-0.2, -0.15) is 0 Å². The summed E-state index contributed by atoms with van der Waals surface area (Å²) in [7, 11) is 0. The van der Waals surface area contributed by atoms with E-state index in [-0.39, 0.29) is 18.8 Å². The van der Waals surface area contributed by atoms with E-state index in [2.05, 4.69) is 34.1 Å². The number of nitrogens with two attached hydrogens (primary N) is 1. The molecule has 0 unspecified atom stereocenters. The molecule has 0 radical (unpaired) electrons. The summed E-state index contributed by atoms with van der Waals surface area (Å²) < 4.78 is 5.58. The van der Waals surface area contributed by atoms with Crippen LogP contribution in [0, 0.1) is 0 Å². The zero-order chi connectivity index (χ0) is 19.5. The molecule has 1 aliphatic rings. The van der Waals surface area contributed by atoms with Crippen molar-refractivity contribution in [2.45, 2.75) is 13.0 Å². The van der Waals surface area contributed by atoms with Gasteiger partial charge in [-0.3, -0.25) is 9.69 Å². The van der Waals surface area contributed by atoms with E-state index in [1.54, 1.807) is 6.07 Å². The Morgan fingerprint density at radius 2 is 1.72 bits per heavy atom. The molecule has 0 aliphatic carbocycles. The highest BCUT2D eigenvalue weighted by Crippen LogP contribution is 2.27. The average molecular weight is 414 g/mol. The van der Waals surface area contributed by atoms with Crippen LogP contribution in [0.1, 0.15) is 11.1 Å². The van der Waals surface area contributed by atoms with Crippen LogP contribution in [-0.2, 0) is 17.8 Å². The van der Waals surface area contributed by atoms with Crippen molar-refractivity contribution in [3.8, 4) is 0 Å². The fourth-order valence-electron chi connectivity index (χ4n) is 3.72. The maximum atomic E-state index is 12.3. The number of carbonyl (C=O) groups is 1. The van der Waals surface area contributed by atoms with Gasteiger partial charge in [0.1, 0.15) is 0 Å². The number of halogens is 1. The highest BCUT2D eigenvalue weighted by atomic mass is 35.5. The summed E-state index contributed by atoms with van der Waals surface area (Å²) in [6.45, 7) is 4.54. The van der Waals surface area contributed by atoms with Crippen LogP contribution < -0.4 is 16.3 Å². The molecule has 0 saturated carbocycles. The van der Waals surface area contributed by atoms with Gasteiger partial charge in [0, 0.05) is 43.7 Å². The van der Waals surface area contributed by atoms with Crippen molar-refractivity contribution in [2.75, 3.05) is 31.1 Å². The minimum Gasteiger partial charge on any atom is -0.420 e. The van der Waals surface area contributed by atoms with Gasteiger partial charge < -0.3 is 15.1 Å². The maximum Gasteiger partial charge on any atom is 0.340 e. The van der Waals surface area contributed by atoms with Crippen LogP contribution in [0.3, 0.4) is 0 Å². The number of carbonyl (C=O) groups excluding carboxylic acids is 1. The Morgan fingerprint density at radius 1 is 1.00 bits per heavy atom. The van der Waals surface area contributed by atoms with Crippen LogP contribution in [0.4, 0.5) is 5.69 Å². The van der Waals surface area contributed by atoms with E-state index in [0.717, 1.165) is 43.8 Å². The third kappa shape index (κ3) is 4.78. The number of nitrogens with zero attached hydrogens (tertiary/aromatic N) is 2. The molecule has 3 aromatic rings. The lowest BCUT2D eigenvalue weighted by atomic mass is 10.1. The Hall–Kier alpha value is -2.83. The van der Waals surface area contributed by atoms with Crippen molar-refractivity contribution >= 4 is 35.0 Å². The molecule has 1 fully saturated rings. The maximum absolute atomic E-state index is 12.3. The lowest BCUT2D eigenvalue weighted by Gasteiger charge is -2.36. The van der Waals surface area contributed by atoms with Crippen LogP contribution >= 0.6 is 12.4 Å². The standard InChI is InChI=1S/C22H23N3O3.ClH/c23-20(26)14-18-13-17-7-4-8-19(21(17)28-22(18)27)25-11-9-24(10-12-25)15-16-5-2-1-3-6-16;/h1-8,13H,9-12,14-15H2,(H2,23,26);1H. The third-order valence-corrected chi connectivity index (χ3v) is 5.14. The molecule has 0 atom stereocenters. The van der Waals surface area contributed by atoms with Gasteiger partial charge in [-0.05, 0) is 17.7 Å². The number of primary amides is 1. The quantitative estimate of drug-likeness (QED) is 0.650. The predicted octanol–water partition coefficient (Wildman–Crippen LogP) is 2.56. The molecule has 2 N–H and O–H groups in total. The van der Waals surface area contributed by atoms with Crippen LogP contribution in [-0.4, -0.2) is 37.0 Å². The largest absolute Gasteiger partial charge is 0.420 e. The summed E-state index contributed by atoms with van der Waals surface area (Å²) in [6.07, 6.45) is -0.110. The fourth-order valence-corrected chi connectivity index (χ4v) is 3.72. The molecule has 1 saturated heterocycles. The molecule has 2 aromatic carbocycles. The van der Waals surface area contributed by atoms with Crippen LogP contribution in [0.15, 0.2) is 63.8 Å². The second-order valence-corrected chi connectivity index (χ2v) is 7.15. The lowest BCUT2D eigenvalue weighted by molar-refractivity contribution is -0.117. The summed E-state index contributed by atoms with van der Waals surface area (Å²) in [5.74, 6) is -0.544. The van der Waals surface area contributed by atoms with Gasteiger partial charge in [0.15, 0.2) is 5.58 Å². The number of piperazine rings is 1. The van der Waals surface area contributed by atoms with E-state index in [4.69, 9.17) is 10.2 Å². The highest BCUT2D eigenvalue weighted by Gasteiger charge is 2.20. The van der Waals surface area contributed by atoms with Crippen LogP contribution in [0.2, 0.25) is 0 Å². The van der Waals surface area contributed by atoms with Gasteiger partial charge >= 0.3 is 5.63 Å². The Bertz CT molecular complexity index is 1040. The van der Waals surface area contributed by atoms with E-state index in [1.165, 1.54) is 5.56 Å². The molecule has 6 nitrogen and oxygen atoms in total. The SMILES string of the molecule is Cl.NC(=O)Cc1cc2cccc(N3CCN(Cc4ccccc4)CC3)c2oc1=O. The number of hydrogen-bond acceptors (Lipinski definition) is 5. The van der Waals surface area contributed by atoms with Gasteiger partial charge in [0.25, 0.3) is 0 Å². The number of amides is 1. The molecule has 152 valence electrons. The molecule has 1 amide bonds. The Balaban J connectivity index is 0.00000240. The van der Waals surface area contributed by atoms with E-state index < -0.39 is 11.5 Å². The van der Waals surface area contributed by atoms with Gasteiger partial charge in [0.2, 0.25) is 5.91 Å². The highest BCUT2D eigenvalue weighted by molar-refractivity contribution is 5.90. The molecule has 7 heteroatoms. The van der Waals surface area contributed by atoms with Gasteiger partial charge in [0.05, 0.1) is 12.1 Å². The Kier molecular flexibility index (Phi) is 6.56. The first kappa shape index (κ1) is 20.9. The Morgan fingerprint density at radius 3 is 2.41 bits per heavy atom. The predicted molar refractivity (Wildman–Crippen MR) is 117 cm³/mol. The second kappa shape index (κ2) is 9.11. The van der Waals surface area contributed by atoms with Crippen molar-refractivity contribution in [1.82, 2.24) is 4.90 Å². The first-order chi connectivity index (χ1) is 13.6. The molecule has 29 heavy (non-hydrogen) atoms. The van der Waals surface area contributed by atoms with Crippen molar-refractivity contribution in [3.05, 3.63) is 76.1 Å². The average Bonchev–Trinajstić information content (AvgIpc) is 2.69. The number of anilines is 1. The van der Waals surface area contributed by atoms with Crippen molar-refractivity contribution < 1.29 is 9.21 Å². The zero-order valence-electron chi connectivity index (χ0n) is 16.0. The number of para-hydroxylation sites is 1. The minimum atomic E-state index is -0.544. The molecule has 0 spiro atoms. The molecule has 0 bridgehead atoms. The van der Waals surface area contributed by atoms with Crippen molar-refractivity contribution in [2.24, 2.45) is 5.73 Å². The van der Waals surface area contributed by atoms with E-state index in [1.807, 2.05) is 24.3 Å². The monoisotopic (exact) mass is 413 g/mol. The van der Waals surface area contributed by atoms with Crippen LogP contribution in [0.25, 0.3) is 11.0 Å². The fraction of sp³-hybridized carbons (Fsp3) is 0.273.